The first-order chi connectivity index (χ1) is 14.2. The highest BCUT2D eigenvalue weighted by molar-refractivity contribution is 5.91. The van der Waals surface area contributed by atoms with Gasteiger partial charge in [-0.15, -0.1) is 0 Å². The molecule has 0 bridgehead atoms. The van der Waals surface area contributed by atoms with Crippen molar-refractivity contribution in [2.45, 2.75) is 18.9 Å². The summed E-state index contributed by atoms with van der Waals surface area (Å²) in [5, 5.41) is 7.00. The first-order valence-corrected chi connectivity index (χ1v) is 9.38. The minimum Gasteiger partial charge on any atom is -0.497 e. The predicted molar refractivity (Wildman–Crippen MR) is 107 cm³/mol. The van der Waals surface area contributed by atoms with Crippen LogP contribution in [-0.2, 0) is 0 Å². The number of nitrogens with one attached hydrogen (secondary N) is 1. The number of amides is 2. The van der Waals surface area contributed by atoms with Crippen molar-refractivity contribution < 1.29 is 18.8 Å². The molecule has 2 amide bonds. The molecule has 0 unspecified atom stereocenters. The van der Waals surface area contributed by atoms with E-state index in [0.29, 0.717) is 29.7 Å². The molecule has 8 nitrogen and oxygen atoms in total. The molecule has 1 fully saturated rings. The van der Waals surface area contributed by atoms with Gasteiger partial charge in [0.1, 0.15) is 17.5 Å². The number of hydrogen-bond donors (Lipinski definition) is 1. The van der Waals surface area contributed by atoms with Crippen molar-refractivity contribution in [3.63, 3.8) is 0 Å². The Morgan fingerprint density at radius 1 is 1.14 bits per heavy atom. The van der Waals surface area contributed by atoms with Crippen molar-refractivity contribution in [1.29, 1.82) is 0 Å². The molecule has 2 aromatic carbocycles. The van der Waals surface area contributed by atoms with Gasteiger partial charge in [0.25, 0.3) is 0 Å². The lowest BCUT2D eigenvalue weighted by Gasteiger charge is -2.22. The zero-order valence-electron chi connectivity index (χ0n) is 16.3. The van der Waals surface area contributed by atoms with E-state index in [4.69, 9.17) is 14.0 Å². The van der Waals surface area contributed by atoms with E-state index in [2.05, 4.69) is 15.5 Å². The zero-order valence-corrected chi connectivity index (χ0v) is 16.3. The van der Waals surface area contributed by atoms with Gasteiger partial charge in [0, 0.05) is 12.1 Å². The Hall–Kier alpha value is -3.55. The number of anilines is 1. The highest BCUT2D eigenvalue weighted by Gasteiger charge is 2.34. The summed E-state index contributed by atoms with van der Waals surface area (Å²) in [6.07, 6.45) is 1.63. The predicted octanol–water partition coefficient (Wildman–Crippen LogP) is 4.12. The van der Waals surface area contributed by atoms with Gasteiger partial charge in [0.2, 0.25) is 11.7 Å². The molecule has 0 radical (unpaired) electrons. The Balaban J connectivity index is 1.51. The van der Waals surface area contributed by atoms with Gasteiger partial charge in [0.15, 0.2) is 0 Å². The Bertz CT molecular complexity index is 986. The molecule has 1 saturated heterocycles. The molecular weight excluding hydrogens is 372 g/mol. The maximum atomic E-state index is 12.9. The summed E-state index contributed by atoms with van der Waals surface area (Å²) in [5.74, 6) is 2.28. The molecule has 2 heterocycles. The van der Waals surface area contributed by atoms with Crippen LogP contribution in [0.5, 0.6) is 11.5 Å². The van der Waals surface area contributed by atoms with Gasteiger partial charge < -0.3 is 24.2 Å². The average molecular weight is 394 g/mol. The van der Waals surface area contributed by atoms with Gasteiger partial charge in [-0.1, -0.05) is 17.3 Å². The molecule has 1 N–H and O–H groups in total. The summed E-state index contributed by atoms with van der Waals surface area (Å²) in [5.41, 5.74) is 1.44. The van der Waals surface area contributed by atoms with Crippen LogP contribution in [0.2, 0.25) is 0 Å². The van der Waals surface area contributed by atoms with Gasteiger partial charge in [-0.05, 0) is 49.2 Å². The summed E-state index contributed by atoms with van der Waals surface area (Å²) in [6.45, 7) is 0.617. The Morgan fingerprint density at radius 2 is 1.93 bits per heavy atom. The molecule has 0 aliphatic carbocycles. The number of urea groups is 1. The van der Waals surface area contributed by atoms with Gasteiger partial charge >= 0.3 is 6.03 Å². The lowest BCUT2D eigenvalue weighted by Crippen LogP contribution is -2.34. The van der Waals surface area contributed by atoms with Crippen molar-refractivity contribution >= 4 is 11.7 Å². The van der Waals surface area contributed by atoms with E-state index in [0.717, 1.165) is 24.2 Å². The highest BCUT2D eigenvalue weighted by atomic mass is 16.5. The van der Waals surface area contributed by atoms with Crippen LogP contribution in [0.4, 0.5) is 10.5 Å². The summed E-state index contributed by atoms with van der Waals surface area (Å²) in [7, 11) is 3.19. The molecule has 0 saturated carbocycles. The number of likely N-dealkylation sites (tertiary alicyclic amines) is 1. The number of carbonyl (C=O) groups excluding carboxylic acids is 1. The van der Waals surface area contributed by atoms with Crippen LogP contribution in [0, 0.1) is 0 Å². The summed E-state index contributed by atoms with van der Waals surface area (Å²) < 4.78 is 16.0. The molecule has 29 heavy (non-hydrogen) atoms. The van der Waals surface area contributed by atoms with E-state index >= 15 is 0 Å². The van der Waals surface area contributed by atoms with E-state index in [-0.39, 0.29) is 12.1 Å². The van der Waals surface area contributed by atoms with Crippen LogP contribution in [0.15, 0.2) is 53.1 Å². The van der Waals surface area contributed by atoms with Crippen LogP contribution in [-0.4, -0.2) is 41.8 Å². The van der Waals surface area contributed by atoms with E-state index in [1.165, 1.54) is 0 Å². The standard InChI is InChI=1S/C21H22N4O4/c1-27-15-11-9-14(10-12-15)19-23-20(29-24-19)17-7-5-13-25(17)21(26)22-16-6-3-4-8-18(16)28-2/h3-4,6,8-12,17H,5,7,13H2,1-2H3,(H,22,26)/t17-/m1/s1. The van der Waals surface area contributed by atoms with E-state index < -0.39 is 0 Å². The molecule has 1 atom stereocenters. The fraction of sp³-hybridized carbons (Fsp3) is 0.286. The van der Waals surface area contributed by atoms with E-state index in [9.17, 15) is 4.79 Å². The molecule has 4 rings (SSSR count). The number of hydrogen-bond acceptors (Lipinski definition) is 6. The lowest BCUT2D eigenvalue weighted by atomic mass is 10.2. The van der Waals surface area contributed by atoms with Crippen molar-refractivity contribution in [1.82, 2.24) is 15.0 Å². The number of rotatable bonds is 5. The number of carbonyl (C=O) groups is 1. The van der Waals surface area contributed by atoms with Crippen LogP contribution in [0.25, 0.3) is 11.4 Å². The first kappa shape index (κ1) is 18.8. The molecule has 1 aromatic heterocycles. The molecular formula is C21H22N4O4. The number of benzene rings is 2. The second kappa shape index (κ2) is 8.22. The van der Waals surface area contributed by atoms with Gasteiger partial charge in [-0.3, -0.25) is 0 Å². The van der Waals surface area contributed by atoms with E-state index in [1.54, 1.807) is 31.3 Å². The lowest BCUT2D eigenvalue weighted by molar-refractivity contribution is 0.193. The monoisotopic (exact) mass is 394 g/mol. The fourth-order valence-electron chi connectivity index (χ4n) is 3.43. The third kappa shape index (κ3) is 3.87. The molecule has 150 valence electrons. The Kier molecular flexibility index (Phi) is 5.33. The maximum Gasteiger partial charge on any atom is 0.322 e. The number of aromatic nitrogens is 2. The van der Waals surface area contributed by atoms with Crippen molar-refractivity contribution in [3.8, 4) is 22.9 Å². The van der Waals surface area contributed by atoms with Crippen LogP contribution >= 0.6 is 0 Å². The fourth-order valence-corrected chi connectivity index (χ4v) is 3.43. The summed E-state index contributed by atoms with van der Waals surface area (Å²) in [4.78, 5) is 19.1. The topological polar surface area (TPSA) is 89.7 Å². The smallest absolute Gasteiger partial charge is 0.322 e. The maximum absolute atomic E-state index is 12.9. The van der Waals surface area contributed by atoms with Crippen molar-refractivity contribution in [3.05, 3.63) is 54.4 Å². The number of nitrogens with zero attached hydrogens (tertiary/aromatic N) is 3. The van der Waals surface area contributed by atoms with Crippen molar-refractivity contribution in [2.75, 3.05) is 26.1 Å². The summed E-state index contributed by atoms with van der Waals surface area (Å²) >= 11 is 0. The molecule has 0 spiro atoms. The first-order valence-electron chi connectivity index (χ1n) is 9.38. The second-order valence-electron chi connectivity index (χ2n) is 6.67. The van der Waals surface area contributed by atoms with Crippen LogP contribution in [0.1, 0.15) is 24.8 Å². The van der Waals surface area contributed by atoms with Gasteiger partial charge in [-0.25, -0.2) is 4.79 Å². The third-order valence-electron chi connectivity index (χ3n) is 4.94. The Labute approximate surface area is 168 Å². The van der Waals surface area contributed by atoms with Crippen LogP contribution < -0.4 is 14.8 Å². The number of para-hydroxylation sites is 2. The van der Waals surface area contributed by atoms with Crippen LogP contribution in [0.3, 0.4) is 0 Å². The molecule has 3 aromatic rings. The Morgan fingerprint density at radius 3 is 2.69 bits per heavy atom. The number of ether oxygens (including phenoxy) is 2. The largest absolute Gasteiger partial charge is 0.497 e. The zero-order chi connectivity index (χ0) is 20.2. The highest BCUT2D eigenvalue weighted by Crippen LogP contribution is 2.33. The third-order valence-corrected chi connectivity index (χ3v) is 4.94. The molecule has 1 aliphatic heterocycles. The molecule has 8 heteroatoms. The molecule has 1 aliphatic rings. The normalized spacial score (nSPS) is 15.9. The minimum atomic E-state index is -0.260. The quantitative estimate of drug-likeness (QED) is 0.700. The van der Waals surface area contributed by atoms with Gasteiger partial charge in [0.05, 0.1) is 19.9 Å². The minimum absolute atomic E-state index is 0.221. The average Bonchev–Trinajstić information content (AvgIpc) is 3.44. The van der Waals surface area contributed by atoms with Crippen molar-refractivity contribution in [2.24, 2.45) is 0 Å². The second-order valence-corrected chi connectivity index (χ2v) is 6.67. The summed E-state index contributed by atoms with van der Waals surface area (Å²) in [6, 6.07) is 14.2. The van der Waals surface area contributed by atoms with Gasteiger partial charge in [-0.2, -0.15) is 4.98 Å². The SMILES string of the molecule is COc1ccc(-c2noc([C@H]3CCCN3C(=O)Nc3ccccc3OC)n2)cc1. The van der Waals surface area contributed by atoms with E-state index in [1.807, 2.05) is 36.4 Å². The number of methoxy groups -OCH3 is 2.